The summed E-state index contributed by atoms with van der Waals surface area (Å²) in [4.78, 5) is 61.3. The Morgan fingerprint density at radius 3 is 2.00 bits per heavy atom. The van der Waals surface area contributed by atoms with E-state index in [1.54, 1.807) is 37.3 Å². The van der Waals surface area contributed by atoms with Crippen LogP contribution in [-0.4, -0.2) is 70.1 Å². The summed E-state index contributed by atoms with van der Waals surface area (Å²) in [6.07, 6.45) is -1.21. The molecule has 200 valence electrons. The number of primary amides is 1. The predicted molar refractivity (Wildman–Crippen MR) is 131 cm³/mol. The number of aliphatic hydroxyl groups is 1. The SMILES string of the molecule is CCC(C)C(N)C(=O)NC(CCC(N)=O)C(=O)NC(C(=O)NC(Cc1ccccc1)C(=O)O)C(C)O. The number of carbonyl (C=O) groups is 5. The Kier molecular flexibility index (Phi) is 12.5. The van der Waals surface area contributed by atoms with Crippen LogP contribution < -0.4 is 27.4 Å². The maximum atomic E-state index is 13.0. The van der Waals surface area contributed by atoms with Crippen molar-refractivity contribution in [2.24, 2.45) is 17.4 Å². The van der Waals surface area contributed by atoms with E-state index in [2.05, 4.69) is 16.0 Å². The van der Waals surface area contributed by atoms with E-state index in [-0.39, 0.29) is 25.2 Å². The van der Waals surface area contributed by atoms with Crippen molar-refractivity contribution in [3.63, 3.8) is 0 Å². The molecule has 0 aliphatic rings. The fourth-order valence-electron chi connectivity index (χ4n) is 3.31. The van der Waals surface area contributed by atoms with Gasteiger partial charge in [0.15, 0.2) is 0 Å². The largest absolute Gasteiger partial charge is 0.480 e. The molecule has 12 nitrogen and oxygen atoms in total. The number of amides is 4. The molecule has 1 rings (SSSR count). The van der Waals surface area contributed by atoms with Crippen molar-refractivity contribution < 1.29 is 34.2 Å². The lowest BCUT2D eigenvalue weighted by molar-refractivity contribution is -0.143. The van der Waals surface area contributed by atoms with Gasteiger partial charge in [0.1, 0.15) is 18.1 Å². The summed E-state index contributed by atoms with van der Waals surface area (Å²) in [5.41, 5.74) is 11.8. The van der Waals surface area contributed by atoms with Gasteiger partial charge in [0.25, 0.3) is 0 Å². The van der Waals surface area contributed by atoms with Crippen molar-refractivity contribution in [1.82, 2.24) is 16.0 Å². The van der Waals surface area contributed by atoms with E-state index in [0.717, 1.165) is 0 Å². The number of carboxylic acid groups (broad SMARTS) is 1. The monoisotopic (exact) mass is 507 g/mol. The van der Waals surface area contributed by atoms with Crippen LogP contribution in [0.3, 0.4) is 0 Å². The second-order valence-electron chi connectivity index (χ2n) is 8.79. The molecule has 0 aromatic heterocycles. The fraction of sp³-hybridized carbons (Fsp3) is 0.542. The molecule has 0 radical (unpaired) electrons. The Morgan fingerprint density at radius 1 is 0.917 bits per heavy atom. The van der Waals surface area contributed by atoms with Crippen molar-refractivity contribution in [2.75, 3.05) is 0 Å². The molecule has 0 saturated carbocycles. The first-order valence-electron chi connectivity index (χ1n) is 11.8. The van der Waals surface area contributed by atoms with Gasteiger partial charge < -0.3 is 37.6 Å². The molecule has 6 atom stereocenters. The van der Waals surface area contributed by atoms with Gasteiger partial charge in [-0.05, 0) is 24.8 Å². The van der Waals surface area contributed by atoms with Crippen LogP contribution in [-0.2, 0) is 30.4 Å². The number of benzene rings is 1. The Bertz CT molecular complexity index is 909. The zero-order valence-corrected chi connectivity index (χ0v) is 20.8. The lowest BCUT2D eigenvalue weighted by atomic mass is 9.98. The number of carbonyl (C=O) groups excluding carboxylic acids is 4. The van der Waals surface area contributed by atoms with E-state index in [1.165, 1.54) is 6.92 Å². The molecule has 0 fully saturated rings. The highest BCUT2D eigenvalue weighted by Crippen LogP contribution is 2.08. The number of nitrogens with one attached hydrogen (secondary N) is 3. The second-order valence-corrected chi connectivity index (χ2v) is 8.79. The summed E-state index contributed by atoms with van der Waals surface area (Å²) in [6.45, 7) is 4.86. The van der Waals surface area contributed by atoms with Gasteiger partial charge in [0.2, 0.25) is 23.6 Å². The van der Waals surface area contributed by atoms with E-state index in [9.17, 15) is 34.2 Å². The molecule has 0 aliphatic carbocycles. The third-order valence-electron chi connectivity index (χ3n) is 5.83. The average molecular weight is 508 g/mol. The summed E-state index contributed by atoms with van der Waals surface area (Å²) in [7, 11) is 0. The summed E-state index contributed by atoms with van der Waals surface area (Å²) >= 11 is 0. The maximum Gasteiger partial charge on any atom is 0.326 e. The van der Waals surface area contributed by atoms with E-state index in [1.807, 2.05) is 6.92 Å². The summed E-state index contributed by atoms with van der Waals surface area (Å²) < 4.78 is 0. The van der Waals surface area contributed by atoms with Gasteiger partial charge in [-0.3, -0.25) is 19.2 Å². The molecule has 12 heteroatoms. The minimum atomic E-state index is -1.54. The molecule has 9 N–H and O–H groups in total. The quantitative estimate of drug-likeness (QED) is 0.152. The number of rotatable bonds is 15. The number of hydrogen-bond donors (Lipinski definition) is 7. The molecule has 1 aromatic rings. The molecule has 6 unspecified atom stereocenters. The van der Waals surface area contributed by atoms with E-state index in [4.69, 9.17) is 11.5 Å². The Hall–Kier alpha value is -3.51. The van der Waals surface area contributed by atoms with Crippen LogP contribution in [0.15, 0.2) is 30.3 Å². The molecule has 0 heterocycles. The van der Waals surface area contributed by atoms with Crippen LogP contribution in [0.4, 0.5) is 0 Å². The normalized spacial score (nSPS) is 15.9. The predicted octanol–water partition coefficient (Wildman–Crippen LogP) is -1.21. The highest BCUT2D eigenvalue weighted by Gasteiger charge is 2.33. The van der Waals surface area contributed by atoms with Crippen molar-refractivity contribution in [1.29, 1.82) is 0 Å². The molecule has 0 bridgehead atoms. The van der Waals surface area contributed by atoms with Crippen LogP contribution >= 0.6 is 0 Å². The van der Waals surface area contributed by atoms with E-state index < -0.39 is 59.9 Å². The summed E-state index contributed by atoms with van der Waals surface area (Å²) in [5.74, 6) is -4.61. The third-order valence-corrected chi connectivity index (χ3v) is 5.83. The van der Waals surface area contributed by atoms with Crippen molar-refractivity contribution in [3.8, 4) is 0 Å². The first-order chi connectivity index (χ1) is 16.9. The van der Waals surface area contributed by atoms with Gasteiger partial charge in [0.05, 0.1) is 12.1 Å². The average Bonchev–Trinajstić information content (AvgIpc) is 2.83. The van der Waals surface area contributed by atoms with E-state index >= 15 is 0 Å². The van der Waals surface area contributed by atoms with Crippen LogP contribution in [0.1, 0.15) is 45.6 Å². The standard InChI is InChI=1S/C24H37N5O7/c1-4-13(2)19(26)22(33)27-16(10-11-18(25)31)21(32)29-20(14(3)30)23(34)28-17(24(35)36)12-15-8-6-5-7-9-15/h5-9,13-14,16-17,19-20,30H,4,10-12,26H2,1-3H3,(H2,25,31)(H,27,33)(H,28,34)(H,29,32)(H,35,36). The molecule has 4 amide bonds. The number of aliphatic carboxylic acids is 1. The minimum absolute atomic E-state index is 0.0207. The zero-order valence-electron chi connectivity index (χ0n) is 20.8. The van der Waals surface area contributed by atoms with Crippen LogP contribution in [0, 0.1) is 5.92 Å². The number of nitrogens with two attached hydrogens (primary N) is 2. The van der Waals surface area contributed by atoms with Crippen LogP contribution in [0.2, 0.25) is 0 Å². The Balaban J connectivity index is 3.00. The first kappa shape index (κ1) is 30.5. The first-order valence-corrected chi connectivity index (χ1v) is 11.8. The Morgan fingerprint density at radius 2 is 1.50 bits per heavy atom. The highest BCUT2D eigenvalue weighted by atomic mass is 16.4. The van der Waals surface area contributed by atoms with E-state index in [0.29, 0.717) is 12.0 Å². The second kappa shape index (κ2) is 14.8. The van der Waals surface area contributed by atoms with Gasteiger partial charge in [-0.15, -0.1) is 0 Å². The minimum Gasteiger partial charge on any atom is -0.480 e. The van der Waals surface area contributed by atoms with Crippen molar-refractivity contribution in [2.45, 2.75) is 76.7 Å². The number of hydrogen-bond acceptors (Lipinski definition) is 7. The maximum absolute atomic E-state index is 13.0. The lowest BCUT2D eigenvalue weighted by Gasteiger charge is -2.27. The lowest BCUT2D eigenvalue weighted by Crippen LogP contribution is -2.60. The number of carboxylic acids is 1. The van der Waals surface area contributed by atoms with Gasteiger partial charge in [-0.1, -0.05) is 50.6 Å². The highest BCUT2D eigenvalue weighted by molar-refractivity contribution is 5.94. The molecule has 0 spiro atoms. The van der Waals surface area contributed by atoms with Gasteiger partial charge in [-0.25, -0.2) is 4.79 Å². The molecule has 1 aromatic carbocycles. The molecular formula is C24H37N5O7. The topological polar surface area (TPSA) is 214 Å². The van der Waals surface area contributed by atoms with Gasteiger partial charge in [-0.2, -0.15) is 0 Å². The third kappa shape index (κ3) is 10.0. The molecular weight excluding hydrogens is 470 g/mol. The van der Waals surface area contributed by atoms with Crippen molar-refractivity contribution in [3.05, 3.63) is 35.9 Å². The van der Waals surface area contributed by atoms with Crippen molar-refractivity contribution >= 4 is 29.6 Å². The van der Waals surface area contributed by atoms with Gasteiger partial charge in [0, 0.05) is 12.8 Å². The van der Waals surface area contributed by atoms with Crippen LogP contribution in [0.5, 0.6) is 0 Å². The smallest absolute Gasteiger partial charge is 0.326 e. The zero-order chi connectivity index (χ0) is 27.4. The van der Waals surface area contributed by atoms with Crippen LogP contribution in [0.25, 0.3) is 0 Å². The fourth-order valence-corrected chi connectivity index (χ4v) is 3.31. The molecule has 36 heavy (non-hydrogen) atoms. The summed E-state index contributed by atoms with van der Waals surface area (Å²) in [6, 6.07) is 3.57. The molecule has 0 saturated heterocycles. The van der Waals surface area contributed by atoms with Gasteiger partial charge >= 0.3 is 5.97 Å². The summed E-state index contributed by atoms with van der Waals surface area (Å²) in [5, 5.41) is 26.8. The Labute approximate surface area is 210 Å². The number of aliphatic hydroxyl groups excluding tert-OH is 1. The molecule has 0 aliphatic heterocycles.